The Morgan fingerprint density at radius 1 is 0.926 bits per heavy atom. The third-order valence-corrected chi connectivity index (χ3v) is 13.4. The molecule has 4 aliphatic rings. The first-order valence-electron chi connectivity index (χ1n) is 22.5. The van der Waals surface area contributed by atoms with Crippen LogP contribution in [0.5, 0.6) is 17.2 Å². The first kappa shape index (κ1) is 48.4. The van der Waals surface area contributed by atoms with Gasteiger partial charge in [0.25, 0.3) is 0 Å². The van der Waals surface area contributed by atoms with E-state index >= 15 is 9.59 Å². The van der Waals surface area contributed by atoms with E-state index in [2.05, 4.69) is 11.8 Å². The van der Waals surface area contributed by atoms with Crippen LogP contribution in [0.1, 0.15) is 139 Å². The molecule has 0 amide bonds. The molecule has 1 aliphatic heterocycles. The number of benzene rings is 4. The molecule has 1 saturated heterocycles. The second-order valence-electron chi connectivity index (χ2n) is 18.0. The summed E-state index contributed by atoms with van der Waals surface area (Å²) in [5.74, 6) is -1.44. The van der Waals surface area contributed by atoms with Gasteiger partial charge in [0.05, 0.1) is 36.0 Å². The van der Waals surface area contributed by atoms with Crippen LogP contribution in [-0.2, 0) is 41.0 Å². The molecular formula is C52H53NO15. The normalized spacial score (nSPS) is 24.0. The molecule has 2 fully saturated rings. The molecule has 1 saturated carbocycles. The summed E-state index contributed by atoms with van der Waals surface area (Å²) < 4.78 is 17.8. The summed E-state index contributed by atoms with van der Waals surface area (Å²) in [5.41, 5.74) is 4.87. The summed E-state index contributed by atoms with van der Waals surface area (Å²) in [6, 6.07) is 12.4. The summed E-state index contributed by atoms with van der Waals surface area (Å²) in [4.78, 5) is 56.6. The lowest BCUT2D eigenvalue weighted by atomic mass is 9.75. The Hall–Kier alpha value is -6.10. The number of ether oxygens (including phenoxy) is 3. The lowest BCUT2D eigenvalue weighted by Crippen LogP contribution is -2.67. The fourth-order valence-electron chi connectivity index (χ4n) is 9.88. The van der Waals surface area contributed by atoms with Gasteiger partial charge < -0.3 is 60.8 Å². The van der Waals surface area contributed by atoms with Gasteiger partial charge in [-0.05, 0) is 79.0 Å². The molecule has 0 radical (unpaired) electrons. The number of fused-ring (bicyclic) bond motifs is 2. The van der Waals surface area contributed by atoms with E-state index < -0.39 is 108 Å². The third kappa shape index (κ3) is 8.89. The molecule has 1 heterocycles. The zero-order valence-electron chi connectivity index (χ0n) is 37.4. The van der Waals surface area contributed by atoms with Crippen molar-refractivity contribution >= 4 is 36.0 Å². The number of carbonyl (C=O) groups is 4. The van der Waals surface area contributed by atoms with Gasteiger partial charge in [-0.3, -0.25) is 19.2 Å². The van der Waals surface area contributed by atoms with Gasteiger partial charge in [0.15, 0.2) is 24.0 Å². The highest BCUT2D eigenvalue weighted by Crippen LogP contribution is 2.49. The summed E-state index contributed by atoms with van der Waals surface area (Å²) in [5, 5.41) is 89.9. The zero-order valence-corrected chi connectivity index (χ0v) is 37.4. The average molecular weight is 932 g/mol. The predicted octanol–water partition coefficient (Wildman–Crippen LogP) is 3.02. The molecular weight excluding hydrogens is 879 g/mol. The molecule has 16 heteroatoms. The Bertz CT molecular complexity index is 2790. The van der Waals surface area contributed by atoms with Crippen LogP contribution in [0.4, 0.5) is 0 Å². The van der Waals surface area contributed by atoms with Crippen LogP contribution in [0.2, 0.25) is 0 Å². The first-order valence-corrected chi connectivity index (χ1v) is 22.5. The van der Waals surface area contributed by atoms with Crippen molar-refractivity contribution in [3.8, 4) is 29.1 Å². The smallest absolute Gasteiger partial charge is 0.308 e. The third-order valence-electron chi connectivity index (χ3n) is 13.4. The number of aldehydes is 1. The van der Waals surface area contributed by atoms with Crippen LogP contribution >= 0.6 is 0 Å². The largest absolute Gasteiger partial charge is 0.507 e. The van der Waals surface area contributed by atoms with Crippen molar-refractivity contribution in [3.05, 3.63) is 121 Å². The highest BCUT2D eigenvalue weighted by molar-refractivity contribution is 6.32. The fraction of sp³-hybridized carbons (Fsp3) is 0.385. The molecule has 0 spiro atoms. The maximum absolute atomic E-state index is 15.6. The standard InChI is InChI=1S/C52H53NO15/c1-26-48(61)52(64,65)49(62)50(66-26)68-47-35-12-7-11-32(53)15-16-33(57)21-29-9-5-8-28(20-29)14-17-34-39(67-27(2)56)23-31(24-54)40-41(34)46(60)42(35)43(45(40)59)44(58)36(47)22-30-10-6-13-38(37(30)25-55)51(63)18-3-4-19-51/h5-6,8-10,13-14,17,20,23,25-26,32-33,48-50,54,57-58,61-65H,3-4,12,15-16,18-19,21-22,24,53H2,1-2H3. The Kier molecular flexibility index (Phi) is 13.6. The SMILES string of the molecule is CC(=O)Oc1cc(CO)c2c3c1C=Cc1cccc(c1)CC(O)CCC(N)C#CCc1c(OC4OC(C)C(O)C(O)(O)C4O)c(Cc4cccc(C5(O)CCCC5)c4C=O)c(O)c(c1C3=O)C2=O. The maximum atomic E-state index is 15.6. The molecule has 4 bridgehead atoms. The van der Waals surface area contributed by atoms with Gasteiger partial charge in [-0.2, -0.15) is 0 Å². The first-order chi connectivity index (χ1) is 32.4. The van der Waals surface area contributed by atoms with Crippen molar-refractivity contribution in [1.29, 1.82) is 0 Å². The molecule has 6 unspecified atom stereocenters. The minimum Gasteiger partial charge on any atom is -0.507 e. The van der Waals surface area contributed by atoms with Gasteiger partial charge in [0, 0.05) is 58.7 Å². The molecule has 10 N–H and O–H groups in total. The molecule has 8 rings (SSSR count). The number of hydrogen-bond acceptors (Lipinski definition) is 16. The van der Waals surface area contributed by atoms with E-state index in [0.717, 1.165) is 12.5 Å². The second-order valence-corrected chi connectivity index (χ2v) is 18.0. The lowest BCUT2D eigenvalue weighted by molar-refractivity contribution is -0.371. The zero-order chi connectivity index (χ0) is 48.8. The Morgan fingerprint density at radius 2 is 1.65 bits per heavy atom. The van der Waals surface area contributed by atoms with E-state index in [1.807, 2.05) is 6.07 Å². The highest BCUT2D eigenvalue weighted by Gasteiger charge is 2.55. The van der Waals surface area contributed by atoms with Crippen LogP contribution in [-0.4, -0.2) is 107 Å². The van der Waals surface area contributed by atoms with Gasteiger partial charge in [0.2, 0.25) is 12.1 Å². The number of rotatable bonds is 8. The van der Waals surface area contributed by atoms with E-state index in [1.54, 1.807) is 42.5 Å². The summed E-state index contributed by atoms with van der Waals surface area (Å²) >= 11 is 0. The number of phenolic OH excluding ortho intramolecular Hbond substituents is 1. The Balaban J connectivity index is 1.45. The molecule has 3 aliphatic carbocycles. The highest BCUT2D eigenvalue weighted by atomic mass is 16.7. The lowest BCUT2D eigenvalue weighted by Gasteiger charge is -2.44. The Morgan fingerprint density at radius 3 is 2.35 bits per heavy atom. The number of aliphatic hydroxyl groups is 7. The van der Waals surface area contributed by atoms with Crippen LogP contribution in [0, 0.1) is 11.8 Å². The number of nitrogens with two attached hydrogens (primary N) is 1. The minimum absolute atomic E-state index is 0.0514. The average Bonchev–Trinajstić information content (AvgIpc) is 3.76. The van der Waals surface area contributed by atoms with Crippen molar-refractivity contribution in [2.75, 3.05) is 0 Å². The van der Waals surface area contributed by atoms with Gasteiger partial charge in [-0.25, -0.2) is 0 Å². The molecule has 68 heavy (non-hydrogen) atoms. The second kappa shape index (κ2) is 19.1. The molecule has 4 aromatic rings. The number of aliphatic hydroxyl groups excluding tert-OH is 4. The van der Waals surface area contributed by atoms with Gasteiger partial charge in [0.1, 0.15) is 23.4 Å². The number of aromatic hydroxyl groups is 1. The topological polar surface area (TPSA) is 284 Å². The van der Waals surface area contributed by atoms with Crippen molar-refractivity contribution in [1.82, 2.24) is 0 Å². The van der Waals surface area contributed by atoms with Gasteiger partial charge in [-0.15, -0.1) is 0 Å². The number of esters is 1. The molecule has 16 nitrogen and oxygen atoms in total. The van der Waals surface area contributed by atoms with E-state index in [1.165, 1.54) is 19.1 Å². The van der Waals surface area contributed by atoms with E-state index in [-0.39, 0.29) is 69.5 Å². The van der Waals surface area contributed by atoms with Gasteiger partial charge >= 0.3 is 5.97 Å². The van der Waals surface area contributed by atoms with Crippen molar-refractivity contribution < 1.29 is 74.2 Å². The van der Waals surface area contributed by atoms with Crippen molar-refractivity contribution in [2.24, 2.45) is 5.73 Å². The summed E-state index contributed by atoms with van der Waals surface area (Å²) in [7, 11) is 0. The maximum Gasteiger partial charge on any atom is 0.308 e. The number of hydrogen-bond donors (Lipinski definition) is 9. The predicted molar refractivity (Wildman–Crippen MR) is 244 cm³/mol. The quantitative estimate of drug-likeness (QED) is 0.0356. The van der Waals surface area contributed by atoms with Crippen LogP contribution < -0.4 is 15.2 Å². The Labute approximate surface area is 391 Å². The number of ketones is 2. The van der Waals surface area contributed by atoms with Crippen LogP contribution in [0.15, 0.2) is 48.5 Å². The van der Waals surface area contributed by atoms with Crippen molar-refractivity contribution in [2.45, 2.75) is 126 Å². The molecule has 6 atom stereocenters. The number of phenols is 1. The molecule has 356 valence electrons. The molecule has 4 aromatic carbocycles. The summed E-state index contributed by atoms with van der Waals surface area (Å²) in [6.45, 7) is 1.59. The number of carbonyl (C=O) groups excluding carboxylic acids is 4. The van der Waals surface area contributed by atoms with Crippen LogP contribution in [0.3, 0.4) is 0 Å². The van der Waals surface area contributed by atoms with E-state index in [9.17, 15) is 50.4 Å². The van der Waals surface area contributed by atoms with Gasteiger partial charge in [-0.1, -0.05) is 73.2 Å². The monoisotopic (exact) mass is 931 g/mol. The van der Waals surface area contributed by atoms with Crippen molar-refractivity contribution in [3.63, 3.8) is 0 Å². The summed E-state index contributed by atoms with van der Waals surface area (Å²) in [6.07, 6.45) is -3.03. The van der Waals surface area contributed by atoms with Crippen LogP contribution in [0.25, 0.3) is 12.2 Å². The minimum atomic E-state index is -3.21. The van der Waals surface area contributed by atoms with E-state index in [0.29, 0.717) is 43.1 Å². The molecule has 0 aromatic heterocycles. The fourth-order valence-corrected chi connectivity index (χ4v) is 9.88. The van der Waals surface area contributed by atoms with E-state index in [4.69, 9.17) is 19.9 Å².